The number of likely N-dealkylation sites (tertiary alicyclic amines) is 1. The molecule has 4 rings (SSSR count). The van der Waals surface area contributed by atoms with E-state index in [4.69, 9.17) is 9.47 Å². The van der Waals surface area contributed by atoms with Crippen LogP contribution in [0, 0.1) is 12.8 Å². The van der Waals surface area contributed by atoms with Crippen molar-refractivity contribution in [2.75, 3.05) is 19.9 Å². The van der Waals surface area contributed by atoms with E-state index in [0.29, 0.717) is 17.3 Å². The van der Waals surface area contributed by atoms with Crippen LogP contribution in [0.4, 0.5) is 0 Å². The summed E-state index contributed by atoms with van der Waals surface area (Å²) in [5, 5.41) is 9.63. The van der Waals surface area contributed by atoms with E-state index in [0.717, 1.165) is 5.56 Å². The second-order valence-corrected chi connectivity index (χ2v) is 6.59. The molecular formula is C18H17N3O6. The monoisotopic (exact) mass is 371 g/mol. The number of H-pyrrole nitrogens is 1. The fourth-order valence-electron chi connectivity index (χ4n) is 3.51. The topological polar surface area (TPSA) is 122 Å². The van der Waals surface area contributed by atoms with Gasteiger partial charge in [0.15, 0.2) is 11.5 Å². The van der Waals surface area contributed by atoms with Crippen LogP contribution in [0.1, 0.15) is 27.7 Å². The van der Waals surface area contributed by atoms with Crippen LogP contribution >= 0.6 is 0 Å². The zero-order chi connectivity index (χ0) is 19.1. The molecule has 0 spiro atoms. The molecule has 1 aromatic heterocycles. The lowest BCUT2D eigenvalue weighted by molar-refractivity contribution is -0.141. The number of benzene rings is 1. The highest BCUT2D eigenvalue weighted by Crippen LogP contribution is 2.39. The maximum Gasteiger partial charge on any atom is 0.308 e. The number of hydrogen-bond donors (Lipinski definition) is 2. The number of ether oxygens (including phenoxy) is 2. The number of aromatic amines is 1. The maximum atomic E-state index is 12.7. The summed E-state index contributed by atoms with van der Waals surface area (Å²) in [5.74, 6) is -1.17. The van der Waals surface area contributed by atoms with Crippen molar-refractivity contribution in [2.24, 2.45) is 5.92 Å². The van der Waals surface area contributed by atoms with E-state index in [9.17, 15) is 19.5 Å². The lowest BCUT2D eigenvalue weighted by Gasteiger charge is -2.16. The van der Waals surface area contributed by atoms with Gasteiger partial charge in [-0.15, -0.1) is 0 Å². The van der Waals surface area contributed by atoms with Crippen LogP contribution in [0.2, 0.25) is 0 Å². The first-order valence-electron chi connectivity index (χ1n) is 8.41. The smallest absolute Gasteiger partial charge is 0.308 e. The first-order chi connectivity index (χ1) is 12.9. The van der Waals surface area contributed by atoms with Crippen molar-refractivity contribution >= 4 is 11.9 Å². The van der Waals surface area contributed by atoms with E-state index in [1.54, 1.807) is 25.1 Å². The summed E-state index contributed by atoms with van der Waals surface area (Å²) in [7, 11) is 0. The Labute approximate surface area is 153 Å². The molecule has 1 saturated heterocycles. The van der Waals surface area contributed by atoms with Gasteiger partial charge in [-0.25, -0.2) is 4.98 Å². The number of rotatable bonds is 3. The third-order valence-electron chi connectivity index (χ3n) is 4.91. The summed E-state index contributed by atoms with van der Waals surface area (Å²) < 4.78 is 10.6. The SMILES string of the molecule is Cc1ncc(C(=O)N2C[C@@H](C(=O)O)[C@H](c3ccc4c(c3)OCO4)C2)c(=O)[nH]1. The van der Waals surface area contributed by atoms with E-state index >= 15 is 0 Å². The predicted octanol–water partition coefficient (Wildman–Crippen LogP) is 0.747. The summed E-state index contributed by atoms with van der Waals surface area (Å²) in [6.45, 7) is 1.94. The molecule has 1 aromatic carbocycles. The third-order valence-corrected chi connectivity index (χ3v) is 4.91. The largest absolute Gasteiger partial charge is 0.481 e. The van der Waals surface area contributed by atoms with Gasteiger partial charge in [-0.05, 0) is 24.6 Å². The van der Waals surface area contributed by atoms with Crippen molar-refractivity contribution < 1.29 is 24.2 Å². The molecule has 1 amide bonds. The number of carboxylic acid groups (broad SMARTS) is 1. The average molecular weight is 371 g/mol. The van der Waals surface area contributed by atoms with Gasteiger partial charge in [0, 0.05) is 25.2 Å². The first-order valence-corrected chi connectivity index (χ1v) is 8.41. The van der Waals surface area contributed by atoms with Crippen LogP contribution in [-0.2, 0) is 4.79 Å². The average Bonchev–Trinajstić information content (AvgIpc) is 3.27. The molecule has 0 aliphatic carbocycles. The van der Waals surface area contributed by atoms with E-state index in [1.807, 2.05) is 0 Å². The molecule has 3 heterocycles. The number of aliphatic carboxylic acids is 1. The van der Waals surface area contributed by atoms with Crippen molar-refractivity contribution in [3.05, 3.63) is 51.7 Å². The molecular weight excluding hydrogens is 354 g/mol. The molecule has 0 bridgehead atoms. The molecule has 2 aromatic rings. The van der Waals surface area contributed by atoms with Gasteiger partial charge in [-0.3, -0.25) is 14.4 Å². The molecule has 27 heavy (non-hydrogen) atoms. The number of nitrogens with one attached hydrogen (secondary N) is 1. The third kappa shape index (κ3) is 3.01. The fourth-order valence-corrected chi connectivity index (χ4v) is 3.51. The van der Waals surface area contributed by atoms with E-state index in [1.165, 1.54) is 11.1 Å². The molecule has 9 heteroatoms. The lowest BCUT2D eigenvalue weighted by atomic mass is 9.89. The lowest BCUT2D eigenvalue weighted by Crippen LogP contribution is -2.34. The molecule has 1 fully saturated rings. The van der Waals surface area contributed by atoms with Crippen molar-refractivity contribution in [2.45, 2.75) is 12.8 Å². The molecule has 0 unspecified atom stereocenters. The van der Waals surface area contributed by atoms with Gasteiger partial charge in [-0.2, -0.15) is 0 Å². The van der Waals surface area contributed by atoms with Gasteiger partial charge >= 0.3 is 5.97 Å². The van der Waals surface area contributed by atoms with Crippen molar-refractivity contribution in [1.82, 2.24) is 14.9 Å². The standard InChI is InChI=1S/C18H17N3O6/c1-9-19-5-11(16(22)20-9)17(23)21-6-12(13(7-21)18(24)25)10-2-3-14-15(4-10)27-8-26-14/h2-5,12-13H,6-8H2,1H3,(H,24,25)(H,19,20,22)/t12-,13+/m0/s1. The second kappa shape index (κ2) is 6.42. The van der Waals surface area contributed by atoms with Gasteiger partial charge in [0.1, 0.15) is 11.4 Å². The molecule has 0 radical (unpaired) electrons. The number of aromatic nitrogens is 2. The van der Waals surface area contributed by atoms with Gasteiger partial charge in [-0.1, -0.05) is 6.07 Å². The minimum absolute atomic E-state index is 0.0145. The Balaban J connectivity index is 1.63. The Morgan fingerprint density at radius 1 is 1.26 bits per heavy atom. The fraction of sp³-hybridized carbons (Fsp3) is 0.333. The maximum absolute atomic E-state index is 12.7. The zero-order valence-electron chi connectivity index (χ0n) is 14.5. The quantitative estimate of drug-likeness (QED) is 0.816. The van der Waals surface area contributed by atoms with Crippen LogP contribution in [-0.4, -0.2) is 51.7 Å². The van der Waals surface area contributed by atoms with Gasteiger partial charge in [0.05, 0.1) is 5.92 Å². The van der Waals surface area contributed by atoms with Crippen molar-refractivity contribution in [1.29, 1.82) is 0 Å². The molecule has 2 atom stereocenters. The molecule has 0 saturated carbocycles. The van der Waals surface area contributed by atoms with Gasteiger partial charge in [0.25, 0.3) is 11.5 Å². The number of amides is 1. The van der Waals surface area contributed by atoms with Crippen LogP contribution in [0.25, 0.3) is 0 Å². The predicted molar refractivity (Wildman–Crippen MR) is 91.9 cm³/mol. The second-order valence-electron chi connectivity index (χ2n) is 6.59. The van der Waals surface area contributed by atoms with E-state index < -0.39 is 29.3 Å². The number of carbonyl (C=O) groups is 2. The highest BCUT2D eigenvalue weighted by atomic mass is 16.7. The molecule has 2 aliphatic heterocycles. The Kier molecular flexibility index (Phi) is 4.06. The molecule has 2 aliphatic rings. The summed E-state index contributed by atoms with van der Waals surface area (Å²) in [5.41, 5.74) is 0.111. The Bertz CT molecular complexity index is 985. The molecule has 140 valence electrons. The highest BCUT2D eigenvalue weighted by molar-refractivity contribution is 5.94. The van der Waals surface area contributed by atoms with E-state index in [2.05, 4.69) is 9.97 Å². The van der Waals surface area contributed by atoms with Gasteiger partial charge < -0.3 is 24.5 Å². The number of carboxylic acids is 1. The Morgan fingerprint density at radius 3 is 2.78 bits per heavy atom. The van der Waals surface area contributed by atoms with Gasteiger partial charge in [0.2, 0.25) is 6.79 Å². The normalized spacial score (nSPS) is 20.7. The molecule has 9 nitrogen and oxygen atoms in total. The summed E-state index contributed by atoms with van der Waals surface area (Å²) in [6, 6.07) is 5.26. The Morgan fingerprint density at radius 2 is 2.04 bits per heavy atom. The number of aryl methyl sites for hydroxylation is 1. The minimum Gasteiger partial charge on any atom is -0.481 e. The van der Waals surface area contributed by atoms with Crippen LogP contribution in [0.15, 0.2) is 29.2 Å². The highest BCUT2D eigenvalue weighted by Gasteiger charge is 2.41. The van der Waals surface area contributed by atoms with Crippen LogP contribution in [0.5, 0.6) is 11.5 Å². The number of nitrogens with zero attached hydrogens (tertiary/aromatic N) is 2. The minimum atomic E-state index is -0.996. The zero-order valence-corrected chi connectivity index (χ0v) is 14.5. The number of hydrogen-bond acceptors (Lipinski definition) is 6. The summed E-state index contributed by atoms with van der Waals surface area (Å²) in [4.78, 5) is 44.4. The van der Waals surface area contributed by atoms with Crippen LogP contribution in [0.3, 0.4) is 0 Å². The number of fused-ring (bicyclic) bond motifs is 1. The summed E-state index contributed by atoms with van der Waals surface area (Å²) in [6.07, 6.45) is 1.22. The first kappa shape index (κ1) is 17.1. The van der Waals surface area contributed by atoms with Crippen LogP contribution < -0.4 is 15.0 Å². The summed E-state index contributed by atoms with van der Waals surface area (Å²) >= 11 is 0. The van der Waals surface area contributed by atoms with Crippen molar-refractivity contribution in [3.63, 3.8) is 0 Å². The van der Waals surface area contributed by atoms with Crippen molar-refractivity contribution in [3.8, 4) is 11.5 Å². The number of carbonyl (C=O) groups excluding carboxylic acids is 1. The molecule has 2 N–H and O–H groups in total. The van der Waals surface area contributed by atoms with E-state index in [-0.39, 0.29) is 25.4 Å². The Hall–Kier alpha value is -3.36.